The van der Waals surface area contributed by atoms with E-state index in [1.165, 1.54) is 12.7 Å². The number of aromatic nitrogens is 3. The van der Waals surface area contributed by atoms with Crippen molar-refractivity contribution < 1.29 is 14.6 Å². The highest BCUT2D eigenvalue weighted by molar-refractivity contribution is 7.71. The number of rotatable bonds is 6. The van der Waals surface area contributed by atoms with Gasteiger partial charge >= 0.3 is 5.97 Å². The normalized spacial score (nSPS) is 22.9. The van der Waals surface area contributed by atoms with Gasteiger partial charge in [-0.15, -0.1) is 0 Å². The van der Waals surface area contributed by atoms with E-state index in [-0.39, 0.29) is 5.97 Å². The Morgan fingerprint density at radius 3 is 2.74 bits per heavy atom. The van der Waals surface area contributed by atoms with Gasteiger partial charge in [-0.05, 0) is 30.6 Å². The van der Waals surface area contributed by atoms with E-state index in [9.17, 15) is 9.90 Å². The highest BCUT2D eigenvalue weighted by atomic mass is 32.1. The lowest BCUT2D eigenvalue weighted by Gasteiger charge is -2.21. The molecule has 1 aliphatic heterocycles. The Hall–Kier alpha value is -2.03. The predicted octanol–water partition coefficient (Wildman–Crippen LogP) is 1.91. The molecule has 1 N–H and O–H groups in total. The lowest BCUT2D eigenvalue weighted by molar-refractivity contribution is -0.146. The maximum absolute atomic E-state index is 12.0. The Morgan fingerprint density at radius 1 is 1.33 bits per heavy atom. The SMILES string of the molecule is COC(=O)[C@@H]1C[C@H](O)CN1Cn1nc(C2CC2)n(Cc2ccccc2)c1=S. The number of aliphatic hydroxyl groups excluding tert-OH is 1. The molecule has 0 unspecified atom stereocenters. The van der Waals surface area contributed by atoms with Crippen molar-refractivity contribution in [1.29, 1.82) is 0 Å². The topological polar surface area (TPSA) is 72.5 Å². The summed E-state index contributed by atoms with van der Waals surface area (Å²) >= 11 is 5.71. The minimum atomic E-state index is -0.544. The second-order valence-electron chi connectivity index (χ2n) is 7.33. The van der Waals surface area contributed by atoms with Gasteiger partial charge in [0, 0.05) is 18.9 Å². The molecule has 1 aliphatic carbocycles. The molecule has 0 amide bonds. The standard InChI is InChI=1S/C19H24N4O3S/c1-26-18(25)16-9-15(24)11-21(16)12-23-19(27)22(17(20-23)14-7-8-14)10-13-5-3-2-4-6-13/h2-6,14-16,24H,7-12H2,1H3/t15-,16-/m0/s1. The second kappa shape index (κ2) is 7.53. The first kappa shape index (κ1) is 18.3. The molecular formula is C19H24N4O3S. The van der Waals surface area contributed by atoms with Crippen LogP contribution in [-0.2, 0) is 22.7 Å². The predicted molar refractivity (Wildman–Crippen MR) is 102 cm³/mol. The van der Waals surface area contributed by atoms with Crippen LogP contribution in [0.3, 0.4) is 0 Å². The molecular weight excluding hydrogens is 364 g/mol. The number of carbonyl (C=O) groups is 1. The quantitative estimate of drug-likeness (QED) is 0.602. The number of esters is 1. The van der Waals surface area contributed by atoms with Crippen LogP contribution in [0.4, 0.5) is 0 Å². The van der Waals surface area contributed by atoms with Crippen LogP contribution >= 0.6 is 12.2 Å². The zero-order valence-electron chi connectivity index (χ0n) is 15.3. The van der Waals surface area contributed by atoms with Crippen molar-refractivity contribution in [3.05, 3.63) is 46.5 Å². The fourth-order valence-electron chi connectivity index (χ4n) is 3.70. The Morgan fingerprint density at radius 2 is 2.07 bits per heavy atom. The van der Waals surface area contributed by atoms with Gasteiger partial charge < -0.3 is 9.84 Å². The molecule has 7 nitrogen and oxygen atoms in total. The molecule has 2 aliphatic rings. The van der Waals surface area contributed by atoms with E-state index in [0.717, 1.165) is 18.7 Å². The Kier molecular flexibility index (Phi) is 5.12. The van der Waals surface area contributed by atoms with Gasteiger partial charge in [0.05, 0.1) is 26.4 Å². The van der Waals surface area contributed by atoms with Crippen LogP contribution in [0.2, 0.25) is 0 Å². The average molecular weight is 388 g/mol. The summed E-state index contributed by atoms with van der Waals surface area (Å²) in [7, 11) is 1.37. The molecule has 0 spiro atoms. The van der Waals surface area contributed by atoms with Crippen LogP contribution in [-0.4, -0.2) is 56.1 Å². The van der Waals surface area contributed by atoms with Crippen molar-refractivity contribution in [3.8, 4) is 0 Å². The monoisotopic (exact) mass is 388 g/mol. The van der Waals surface area contributed by atoms with Gasteiger partial charge in [0.2, 0.25) is 0 Å². The van der Waals surface area contributed by atoms with Gasteiger partial charge in [0.1, 0.15) is 11.9 Å². The minimum Gasteiger partial charge on any atom is -0.468 e. The summed E-state index contributed by atoms with van der Waals surface area (Å²) in [6.45, 7) is 1.47. The number of β-amino-alcohol motifs (C(OH)–C–C–N with tert-alkyl or cyclic N) is 1. The van der Waals surface area contributed by atoms with E-state index in [0.29, 0.717) is 36.9 Å². The van der Waals surface area contributed by atoms with E-state index >= 15 is 0 Å². The number of methoxy groups -OCH3 is 1. The van der Waals surface area contributed by atoms with E-state index in [1.807, 2.05) is 23.1 Å². The number of hydrogen-bond acceptors (Lipinski definition) is 6. The van der Waals surface area contributed by atoms with E-state index in [4.69, 9.17) is 22.1 Å². The number of likely N-dealkylation sites (tertiary alicyclic amines) is 1. The third kappa shape index (κ3) is 3.83. The van der Waals surface area contributed by atoms with Crippen molar-refractivity contribution in [2.45, 2.75) is 50.5 Å². The van der Waals surface area contributed by atoms with Crippen molar-refractivity contribution in [2.75, 3.05) is 13.7 Å². The summed E-state index contributed by atoms with van der Waals surface area (Å²) in [6, 6.07) is 9.74. The number of aliphatic hydroxyl groups is 1. The molecule has 27 heavy (non-hydrogen) atoms. The molecule has 4 rings (SSSR count). The van der Waals surface area contributed by atoms with Crippen LogP contribution in [0.25, 0.3) is 0 Å². The highest BCUT2D eigenvalue weighted by Crippen LogP contribution is 2.39. The molecule has 1 aromatic heterocycles. The first-order valence-corrected chi connectivity index (χ1v) is 9.69. The lowest BCUT2D eigenvalue weighted by Crippen LogP contribution is -2.38. The first-order valence-electron chi connectivity index (χ1n) is 9.28. The smallest absolute Gasteiger partial charge is 0.323 e. The number of hydrogen-bond donors (Lipinski definition) is 1. The van der Waals surface area contributed by atoms with Crippen LogP contribution in [0.1, 0.15) is 36.6 Å². The largest absolute Gasteiger partial charge is 0.468 e. The number of benzene rings is 1. The average Bonchev–Trinajstić information content (AvgIpc) is 3.39. The summed E-state index contributed by atoms with van der Waals surface area (Å²) in [5, 5.41) is 14.8. The summed E-state index contributed by atoms with van der Waals surface area (Å²) in [5.74, 6) is 1.14. The van der Waals surface area contributed by atoms with Gasteiger partial charge in [0.25, 0.3) is 0 Å². The summed E-state index contributed by atoms with van der Waals surface area (Å²) < 4.78 is 9.41. The molecule has 0 radical (unpaired) electrons. The van der Waals surface area contributed by atoms with Gasteiger partial charge in [-0.2, -0.15) is 5.10 Å². The highest BCUT2D eigenvalue weighted by Gasteiger charge is 2.38. The first-order chi connectivity index (χ1) is 13.1. The number of nitrogens with zero attached hydrogens (tertiary/aromatic N) is 4. The molecule has 1 aromatic carbocycles. The maximum atomic E-state index is 12.0. The minimum absolute atomic E-state index is 0.329. The molecule has 2 heterocycles. The Labute approximate surface area is 163 Å². The third-order valence-corrected chi connectivity index (χ3v) is 5.68. The molecule has 0 bridgehead atoms. The van der Waals surface area contributed by atoms with E-state index in [1.54, 1.807) is 4.68 Å². The summed E-state index contributed by atoms with van der Waals surface area (Å²) in [6.07, 6.45) is 2.10. The molecule has 2 fully saturated rings. The zero-order chi connectivity index (χ0) is 19.0. The molecule has 2 aromatic rings. The molecule has 1 saturated heterocycles. The van der Waals surface area contributed by atoms with E-state index in [2.05, 4.69) is 16.7 Å². The van der Waals surface area contributed by atoms with Crippen LogP contribution < -0.4 is 0 Å². The zero-order valence-corrected chi connectivity index (χ0v) is 16.1. The number of carbonyl (C=O) groups excluding carboxylic acids is 1. The van der Waals surface area contributed by atoms with Crippen LogP contribution in [0.15, 0.2) is 30.3 Å². The summed E-state index contributed by atoms with van der Waals surface area (Å²) in [5.41, 5.74) is 1.18. The van der Waals surface area contributed by atoms with Crippen LogP contribution in [0.5, 0.6) is 0 Å². The maximum Gasteiger partial charge on any atom is 0.323 e. The molecule has 8 heteroatoms. The molecule has 144 valence electrons. The second-order valence-corrected chi connectivity index (χ2v) is 7.69. The van der Waals surface area contributed by atoms with Crippen molar-refractivity contribution in [2.24, 2.45) is 0 Å². The van der Waals surface area contributed by atoms with Gasteiger partial charge in [-0.3, -0.25) is 14.3 Å². The van der Waals surface area contributed by atoms with Crippen LogP contribution in [0, 0.1) is 4.77 Å². The van der Waals surface area contributed by atoms with Gasteiger partial charge in [0.15, 0.2) is 4.77 Å². The van der Waals surface area contributed by atoms with Crippen molar-refractivity contribution >= 4 is 18.2 Å². The van der Waals surface area contributed by atoms with Crippen molar-refractivity contribution in [3.63, 3.8) is 0 Å². The Bertz CT molecular complexity index is 875. The number of ether oxygens (including phenoxy) is 1. The van der Waals surface area contributed by atoms with Gasteiger partial charge in [-0.1, -0.05) is 30.3 Å². The Balaban J connectivity index is 1.61. The third-order valence-electron chi connectivity index (χ3n) is 5.25. The summed E-state index contributed by atoms with van der Waals surface area (Å²) in [4.78, 5) is 13.9. The van der Waals surface area contributed by atoms with Crippen molar-refractivity contribution in [1.82, 2.24) is 19.2 Å². The fraction of sp³-hybridized carbons (Fsp3) is 0.526. The molecule has 1 saturated carbocycles. The fourth-order valence-corrected chi connectivity index (χ4v) is 3.95. The lowest BCUT2D eigenvalue weighted by atomic mass is 10.2. The van der Waals surface area contributed by atoms with Gasteiger partial charge in [-0.25, -0.2) is 4.68 Å². The van der Waals surface area contributed by atoms with E-state index < -0.39 is 12.1 Å². The molecule has 2 atom stereocenters.